The van der Waals surface area contributed by atoms with Gasteiger partial charge in [-0.1, -0.05) is 23.7 Å². The summed E-state index contributed by atoms with van der Waals surface area (Å²) in [5, 5.41) is 18.9. The summed E-state index contributed by atoms with van der Waals surface area (Å²) in [7, 11) is 1.38. The van der Waals surface area contributed by atoms with Gasteiger partial charge in [0.1, 0.15) is 17.0 Å². The second-order valence-electron chi connectivity index (χ2n) is 6.53. The number of carboxylic acid groups (broad SMARTS) is 1. The van der Waals surface area contributed by atoms with Gasteiger partial charge in [0.2, 0.25) is 11.3 Å². The Balaban J connectivity index is 2.30. The van der Waals surface area contributed by atoms with Crippen LogP contribution in [0, 0.1) is 5.82 Å². The minimum absolute atomic E-state index is 0.0310. The molecule has 0 fully saturated rings. The van der Waals surface area contributed by atoms with Crippen molar-refractivity contribution in [3.63, 3.8) is 0 Å². The monoisotopic (exact) mass is 420 g/mol. The summed E-state index contributed by atoms with van der Waals surface area (Å²) < 4.78 is 21.1. The highest BCUT2D eigenvalue weighted by Crippen LogP contribution is 2.27. The highest BCUT2D eigenvalue weighted by atomic mass is 35.5. The lowest BCUT2D eigenvalue weighted by atomic mass is 10.0. The molecular weight excluding hydrogens is 403 g/mol. The van der Waals surface area contributed by atoms with E-state index in [-0.39, 0.29) is 40.5 Å². The van der Waals surface area contributed by atoms with Gasteiger partial charge in [0.15, 0.2) is 0 Å². The summed E-state index contributed by atoms with van der Waals surface area (Å²) in [4.78, 5) is 28.6. The first-order valence-electron chi connectivity index (χ1n) is 8.68. The van der Waals surface area contributed by atoms with Crippen LogP contribution in [0.25, 0.3) is 11.0 Å². The van der Waals surface area contributed by atoms with Crippen LogP contribution in [0.1, 0.15) is 34.5 Å². The number of fused-ring (bicyclic) bond motifs is 1. The third-order valence-corrected chi connectivity index (χ3v) is 4.91. The predicted molar refractivity (Wildman–Crippen MR) is 106 cm³/mol. The molecule has 29 heavy (non-hydrogen) atoms. The number of ether oxygens (including phenoxy) is 1. The molecule has 0 unspecified atom stereocenters. The zero-order valence-corrected chi connectivity index (χ0v) is 16.4. The van der Waals surface area contributed by atoms with Gasteiger partial charge in [-0.3, -0.25) is 4.79 Å². The number of halogens is 2. The largest absolute Gasteiger partial charge is 0.481 e. The maximum Gasteiger partial charge on any atom is 0.341 e. The number of rotatable bonds is 6. The van der Waals surface area contributed by atoms with Gasteiger partial charge in [-0.05, 0) is 24.6 Å². The highest BCUT2D eigenvalue weighted by molar-refractivity contribution is 6.30. The summed E-state index contributed by atoms with van der Waals surface area (Å²) in [6.07, 6.45) is 1.18. The van der Waals surface area contributed by atoms with Gasteiger partial charge >= 0.3 is 5.97 Å². The Kier molecular flexibility index (Phi) is 5.86. The first-order valence-corrected chi connectivity index (χ1v) is 9.06. The minimum atomic E-state index is -1.39. The third kappa shape index (κ3) is 3.81. The quantitative estimate of drug-likeness (QED) is 0.635. The number of aromatic nitrogens is 2. The first kappa shape index (κ1) is 20.8. The molecule has 0 saturated heterocycles. The number of benzene rings is 1. The van der Waals surface area contributed by atoms with Crippen LogP contribution in [0.15, 0.2) is 35.3 Å². The van der Waals surface area contributed by atoms with Crippen LogP contribution in [-0.4, -0.2) is 39.5 Å². The molecule has 0 amide bonds. The van der Waals surface area contributed by atoms with Gasteiger partial charge in [-0.15, -0.1) is 0 Å². The predicted octanol–water partition coefficient (Wildman–Crippen LogP) is 3.04. The Morgan fingerprint density at radius 3 is 2.72 bits per heavy atom. The molecular formula is C20H18ClFN2O5. The van der Waals surface area contributed by atoms with Crippen LogP contribution in [0.3, 0.4) is 0 Å². The van der Waals surface area contributed by atoms with Crippen molar-refractivity contribution >= 4 is 28.6 Å². The van der Waals surface area contributed by atoms with E-state index < -0.39 is 28.8 Å². The van der Waals surface area contributed by atoms with Crippen molar-refractivity contribution in [2.45, 2.75) is 19.4 Å². The Labute approximate surface area is 170 Å². The average molecular weight is 421 g/mol. The third-order valence-electron chi connectivity index (χ3n) is 4.62. The zero-order valence-electron chi connectivity index (χ0n) is 15.6. The van der Waals surface area contributed by atoms with Crippen molar-refractivity contribution in [1.29, 1.82) is 0 Å². The lowest BCUT2D eigenvalue weighted by molar-refractivity contribution is 0.0694. The number of carbonyl (C=O) groups is 1. The molecule has 0 aliphatic heterocycles. The topological polar surface area (TPSA) is 102 Å². The summed E-state index contributed by atoms with van der Waals surface area (Å²) >= 11 is 5.84. The lowest BCUT2D eigenvalue weighted by Crippen LogP contribution is -2.22. The van der Waals surface area contributed by atoms with Crippen LogP contribution < -0.4 is 10.2 Å². The Bertz CT molecular complexity index is 1160. The summed E-state index contributed by atoms with van der Waals surface area (Å²) in [5.74, 6) is -1.84. The summed E-state index contributed by atoms with van der Waals surface area (Å²) in [5.41, 5.74) is -0.352. The number of aromatic carboxylic acids is 1. The lowest BCUT2D eigenvalue weighted by Gasteiger charge is -2.18. The van der Waals surface area contributed by atoms with E-state index in [0.29, 0.717) is 5.56 Å². The zero-order chi connectivity index (χ0) is 21.3. The molecule has 9 heteroatoms. The van der Waals surface area contributed by atoms with E-state index in [1.165, 1.54) is 23.8 Å². The molecule has 7 nitrogen and oxygen atoms in total. The van der Waals surface area contributed by atoms with E-state index in [9.17, 15) is 24.2 Å². The normalized spacial score (nSPS) is 12.2. The fourth-order valence-corrected chi connectivity index (χ4v) is 3.26. The molecule has 0 spiro atoms. The molecule has 0 aliphatic rings. The minimum Gasteiger partial charge on any atom is -0.481 e. The highest BCUT2D eigenvalue weighted by Gasteiger charge is 2.21. The number of hydrogen-bond acceptors (Lipinski definition) is 5. The van der Waals surface area contributed by atoms with E-state index in [1.807, 2.05) is 0 Å². The average Bonchev–Trinajstić information content (AvgIpc) is 2.70. The van der Waals surface area contributed by atoms with E-state index in [1.54, 1.807) is 19.1 Å². The van der Waals surface area contributed by atoms with Gasteiger partial charge in [0.05, 0.1) is 30.2 Å². The van der Waals surface area contributed by atoms with Gasteiger partial charge in [-0.2, -0.15) is 4.98 Å². The SMILES string of the molecule is COc1nc2c(cc1Cc1cccc(Cl)c1F)c(=O)c(C(=O)O)cn2[C@@H](C)CO. The number of aliphatic hydroxyl groups excluding tert-OH is 1. The number of hydrogen-bond donors (Lipinski definition) is 2. The molecule has 0 aliphatic carbocycles. The number of pyridine rings is 2. The van der Waals surface area contributed by atoms with E-state index in [0.717, 1.165) is 6.20 Å². The summed E-state index contributed by atoms with van der Waals surface area (Å²) in [6, 6.07) is 5.47. The van der Waals surface area contributed by atoms with Crippen molar-refractivity contribution < 1.29 is 24.1 Å². The van der Waals surface area contributed by atoms with Crippen molar-refractivity contribution in [2.75, 3.05) is 13.7 Å². The van der Waals surface area contributed by atoms with Gasteiger partial charge in [0.25, 0.3) is 0 Å². The molecule has 2 N–H and O–H groups in total. The van der Waals surface area contributed by atoms with Crippen molar-refractivity contribution in [3.05, 3.63) is 68.2 Å². The van der Waals surface area contributed by atoms with Crippen LogP contribution in [-0.2, 0) is 6.42 Å². The molecule has 3 aromatic rings. The molecule has 152 valence electrons. The number of carboxylic acids is 1. The molecule has 1 aromatic carbocycles. The Morgan fingerprint density at radius 2 is 2.10 bits per heavy atom. The summed E-state index contributed by atoms with van der Waals surface area (Å²) in [6.45, 7) is 1.36. The van der Waals surface area contributed by atoms with E-state index in [4.69, 9.17) is 16.3 Å². The van der Waals surface area contributed by atoms with Gasteiger partial charge in [-0.25, -0.2) is 9.18 Å². The van der Waals surface area contributed by atoms with Crippen molar-refractivity contribution in [3.8, 4) is 5.88 Å². The maximum absolute atomic E-state index is 14.3. The number of nitrogens with zero attached hydrogens (tertiary/aromatic N) is 2. The molecule has 0 saturated carbocycles. The number of aliphatic hydroxyl groups is 1. The Hall–Kier alpha value is -2.97. The van der Waals surface area contributed by atoms with Crippen LogP contribution >= 0.6 is 11.6 Å². The second-order valence-corrected chi connectivity index (χ2v) is 6.94. The maximum atomic E-state index is 14.3. The second kappa shape index (κ2) is 8.18. The van der Waals surface area contributed by atoms with Crippen molar-refractivity contribution in [1.82, 2.24) is 9.55 Å². The van der Waals surface area contributed by atoms with E-state index >= 15 is 0 Å². The van der Waals surface area contributed by atoms with Gasteiger partial charge < -0.3 is 19.5 Å². The molecule has 0 radical (unpaired) electrons. The first-order chi connectivity index (χ1) is 13.8. The van der Waals surface area contributed by atoms with Gasteiger partial charge in [0, 0.05) is 18.2 Å². The van der Waals surface area contributed by atoms with Crippen molar-refractivity contribution in [2.24, 2.45) is 0 Å². The molecule has 2 aromatic heterocycles. The number of methoxy groups -OCH3 is 1. The standard InChI is InChI=1S/C20H18ClFN2O5/c1-10(9-25)24-8-14(20(27)28)17(26)13-7-12(19(29-2)23-18(13)24)6-11-4-3-5-15(21)16(11)22/h3-5,7-8,10,25H,6,9H2,1-2H3,(H,27,28)/t10-/m0/s1. The fraction of sp³-hybridized carbons (Fsp3) is 0.250. The van der Waals surface area contributed by atoms with Crippen LogP contribution in [0.2, 0.25) is 5.02 Å². The Morgan fingerprint density at radius 1 is 1.38 bits per heavy atom. The molecule has 3 rings (SSSR count). The fourth-order valence-electron chi connectivity index (χ4n) is 3.07. The molecule has 1 atom stereocenters. The smallest absolute Gasteiger partial charge is 0.341 e. The van der Waals surface area contributed by atoms with Crippen LogP contribution in [0.5, 0.6) is 5.88 Å². The molecule has 0 bridgehead atoms. The van der Waals surface area contributed by atoms with E-state index in [2.05, 4.69) is 4.98 Å². The van der Waals surface area contributed by atoms with Crippen LogP contribution in [0.4, 0.5) is 4.39 Å². The molecule has 2 heterocycles.